The molecule has 3 nitrogen and oxygen atoms in total. The van der Waals surface area contributed by atoms with Gasteiger partial charge in [-0.2, -0.15) is 0 Å². The molecule has 0 spiro atoms. The average Bonchev–Trinajstić information content (AvgIpc) is 3.62. The summed E-state index contributed by atoms with van der Waals surface area (Å²) in [5, 5.41) is 3.59. The van der Waals surface area contributed by atoms with Crippen LogP contribution in [0.15, 0.2) is 120 Å². The van der Waals surface area contributed by atoms with Gasteiger partial charge >= 0.3 is 5.97 Å². The molecule has 0 unspecified atom stereocenters. The number of esters is 1. The summed E-state index contributed by atoms with van der Waals surface area (Å²) in [6.45, 7) is 8.32. The first-order valence-corrected chi connectivity index (χ1v) is 15.4. The molecule has 2 heterocycles. The van der Waals surface area contributed by atoms with E-state index in [4.69, 9.17) is 0 Å². The van der Waals surface area contributed by atoms with E-state index in [2.05, 4.69) is 89.8 Å². The molecule has 3 aromatic carbocycles. The number of rotatable bonds is 2. The molecule has 1 aliphatic carbocycles. The van der Waals surface area contributed by atoms with E-state index >= 15 is 0 Å². The lowest BCUT2D eigenvalue weighted by Crippen LogP contribution is -1.99. The monoisotopic (exact) mass is 585 g/mol. The zero-order valence-corrected chi connectivity index (χ0v) is 25.9. The first-order valence-electron chi connectivity index (χ1n) is 13.3. The number of pyridine rings is 1. The number of aryl methyl sites for hydroxylation is 1. The first-order chi connectivity index (χ1) is 19.5. The molecular weight excluding hydrogens is 543 g/mol. The van der Waals surface area contributed by atoms with Gasteiger partial charge in [-0.1, -0.05) is 88.0 Å². The normalized spacial score (nSPS) is 10.2. The Balaban J connectivity index is 0.000000267. The van der Waals surface area contributed by atoms with Crippen LogP contribution in [0.1, 0.15) is 55.2 Å². The van der Waals surface area contributed by atoms with E-state index in [0.717, 1.165) is 6.42 Å². The minimum Gasteiger partial charge on any atom is -0.465 e. The van der Waals surface area contributed by atoms with E-state index in [1.165, 1.54) is 44.4 Å². The minimum atomic E-state index is -0.291. The molecule has 2 aromatic heterocycles. The maximum absolute atomic E-state index is 10.8. The molecule has 5 aromatic rings. The number of methoxy groups -OCH3 is 1. The molecule has 5 heteroatoms. The van der Waals surface area contributed by atoms with Crippen LogP contribution < -0.4 is 0 Å². The van der Waals surface area contributed by atoms with Crippen LogP contribution >= 0.6 is 23.1 Å². The van der Waals surface area contributed by atoms with Crippen LogP contribution in [-0.2, 0) is 11.2 Å². The molecule has 0 saturated carbocycles. The summed E-state index contributed by atoms with van der Waals surface area (Å²) in [4.78, 5) is 15.9. The summed E-state index contributed by atoms with van der Waals surface area (Å²) < 4.78 is 5.89. The van der Waals surface area contributed by atoms with Gasteiger partial charge in [-0.25, -0.2) is 4.79 Å². The smallest absolute Gasteiger partial charge is 0.337 e. The number of thiophene rings is 1. The molecule has 0 radical (unpaired) electrons. The number of benzene rings is 3. The Labute approximate surface area is 255 Å². The summed E-state index contributed by atoms with van der Waals surface area (Å²) in [5.74, 6) is -0.291. The molecule has 216 valence electrons. The zero-order chi connectivity index (χ0) is 29.2. The van der Waals surface area contributed by atoms with Crippen LogP contribution in [0.3, 0.4) is 0 Å². The Morgan fingerprint density at radius 1 is 0.854 bits per heavy atom. The number of hydrogen-bond donors (Lipinski definition) is 0. The lowest BCUT2D eigenvalue weighted by atomic mass is 10.1. The van der Waals surface area contributed by atoms with Crippen LogP contribution in [0.2, 0.25) is 0 Å². The molecule has 6 rings (SSSR count). The van der Waals surface area contributed by atoms with Gasteiger partial charge in [0.2, 0.25) is 0 Å². The number of allylic oxidation sites excluding steroid dienone is 2. The quantitative estimate of drug-likeness (QED) is 0.153. The topological polar surface area (TPSA) is 39.2 Å². The Bertz CT molecular complexity index is 1440. The summed E-state index contributed by atoms with van der Waals surface area (Å²) in [5.41, 5.74) is 6.31. The lowest BCUT2D eigenvalue weighted by Gasteiger charge is -1.97. The van der Waals surface area contributed by atoms with Crippen molar-refractivity contribution in [2.45, 2.75) is 46.4 Å². The van der Waals surface area contributed by atoms with Crippen molar-refractivity contribution in [2.75, 3.05) is 13.4 Å². The molecule has 0 fully saturated rings. The summed E-state index contributed by atoms with van der Waals surface area (Å²) in [7, 11) is 1.37. The van der Waals surface area contributed by atoms with Crippen LogP contribution in [-0.4, -0.2) is 24.3 Å². The standard InChI is InChI=1S/C10H10.C9H8S.C8H8O2.C6H7NS.C2H6.CH4/c1-8-6-7-9-4-2-3-5-10(8)9;1-7-6-10-9-5-3-2-4-8(7)9;1-10-8(9)7-5-3-2-4-6-7;1-8-6-2-4-7-5-3-6;1-2;/h2-6H,7H2,1H3;2*2-6H,1H3;2-5H,1H3;1-2H3;1H4. The summed E-state index contributed by atoms with van der Waals surface area (Å²) in [6.07, 6.45) is 9.06. The predicted molar refractivity (Wildman–Crippen MR) is 182 cm³/mol. The van der Waals surface area contributed by atoms with Crippen molar-refractivity contribution >= 4 is 44.7 Å². The van der Waals surface area contributed by atoms with Gasteiger partial charge in [-0.15, -0.1) is 23.1 Å². The predicted octanol–water partition coefficient (Wildman–Crippen LogP) is 10.8. The Morgan fingerprint density at radius 3 is 2.05 bits per heavy atom. The van der Waals surface area contributed by atoms with Gasteiger partial charge in [0.05, 0.1) is 12.7 Å². The van der Waals surface area contributed by atoms with Crippen molar-refractivity contribution in [1.29, 1.82) is 0 Å². The SMILES string of the molecule is C.CC.CC1=CCc2ccccc21.COC(=O)c1ccccc1.CSc1ccncc1.Cc1csc2ccccc12. The fraction of sp³-hybridized carbons (Fsp3) is 0.222. The minimum absolute atomic E-state index is 0. The van der Waals surface area contributed by atoms with Crippen molar-refractivity contribution in [3.63, 3.8) is 0 Å². The van der Waals surface area contributed by atoms with Gasteiger partial charge in [0.15, 0.2) is 0 Å². The van der Waals surface area contributed by atoms with E-state index < -0.39 is 0 Å². The van der Waals surface area contributed by atoms with E-state index in [1.807, 2.05) is 43.4 Å². The third-order valence-corrected chi connectivity index (χ3v) is 7.65. The largest absolute Gasteiger partial charge is 0.465 e. The second-order valence-electron chi connectivity index (χ2n) is 8.41. The number of nitrogens with zero attached hydrogens (tertiary/aromatic N) is 1. The van der Waals surface area contributed by atoms with Crippen LogP contribution in [0.25, 0.3) is 15.7 Å². The Morgan fingerprint density at radius 2 is 1.46 bits per heavy atom. The maximum atomic E-state index is 10.8. The van der Waals surface area contributed by atoms with E-state index in [9.17, 15) is 4.79 Å². The van der Waals surface area contributed by atoms with Crippen molar-refractivity contribution in [2.24, 2.45) is 0 Å². The number of hydrogen-bond acceptors (Lipinski definition) is 5. The highest BCUT2D eigenvalue weighted by Gasteiger charge is 2.07. The fourth-order valence-electron chi connectivity index (χ4n) is 3.73. The van der Waals surface area contributed by atoms with Crippen LogP contribution in [0.4, 0.5) is 0 Å². The highest BCUT2D eigenvalue weighted by molar-refractivity contribution is 7.98. The second kappa shape index (κ2) is 20.2. The number of carbonyl (C=O) groups excluding carboxylic acids is 1. The van der Waals surface area contributed by atoms with Gasteiger partial charge in [-0.3, -0.25) is 4.98 Å². The van der Waals surface area contributed by atoms with Crippen LogP contribution in [0, 0.1) is 6.92 Å². The summed E-state index contributed by atoms with van der Waals surface area (Å²) >= 11 is 3.54. The molecule has 0 atom stereocenters. The third kappa shape index (κ3) is 11.8. The van der Waals surface area contributed by atoms with Gasteiger partial charge < -0.3 is 4.74 Å². The molecule has 0 N–H and O–H groups in total. The molecule has 0 bridgehead atoms. The average molecular weight is 586 g/mol. The molecule has 0 saturated heterocycles. The van der Waals surface area contributed by atoms with Gasteiger partial charge in [0.25, 0.3) is 0 Å². The number of fused-ring (bicyclic) bond motifs is 2. The number of thioether (sulfide) groups is 1. The van der Waals surface area contributed by atoms with Crippen LogP contribution in [0.5, 0.6) is 0 Å². The summed E-state index contributed by atoms with van der Waals surface area (Å²) in [6, 6.07) is 29.9. The van der Waals surface area contributed by atoms with E-state index in [-0.39, 0.29) is 13.4 Å². The van der Waals surface area contributed by atoms with Gasteiger partial charge in [-0.05, 0) is 89.9 Å². The Hall–Kier alpha value is -3.67. The number of carbonyl (C=O) groups is 1. The molecule has 1 aliphatic rings. The maximum Gasteiger partial charge on any atom is 0.337 e. The molecule has 0 amide bonds. The Kier molecular flexibility index (Phi) is 17.5. The molecule has 41 heavy (non-hydrogen) atoms. The van der Waals surface area contributed by atoms with Gasteiger partial charge in [0.1, 0.15) is 0 Å². The number of aromatic nitrogens is 1. The van der Waals surface area contributed by atoms with E-state index in [0.29, 0.717) is 5.56 Å². The fourth-order valence-corrected chi connectivity index (χ4v) is 5.07. The number of ether oxygens (including phenoxy) is 1. The lowest BCUT2D eigenvalue weighted by molar-refractivity contribution is 0.0600. The third-order valence-electron chi connectivity index (χ3n) is 5.83. The van der Waals surface area contributed by atoms with Crippen molar-refractivity contribution in [3.8, 4) is 0 Å². The molecular formula is C36H43NO2S2. The highest BCUT2D eigenvalue weighted by Crippen LogP contribution is 2.26. The molecule has 0 aliphatic heterocycles. The highest BCUT2D eigenvalue weighted by atomic mass is 32.2. The van der Waals surface area contributed by atoms with Crippen molar-refractivity contribution in [3.05, 3.63) is 137 Å². The van der Waals surface area contributed by atoms with Gasteiger partial charge in [0, 0.05) is 22.0 Å². The second-order valence-corrected chi connectivity index (χ2v) is 10.2. The van der Waals surface area contributed by atoms with E-state index in [1.54, 1.807) is 48.4 Å². The first kappa shape index (κ1) is 35.4. The zero-order valence-electron chi connectivity index (χ0n) is 24.3. The van der Waals surface area contributed by atoms with Crippen molar-refractivity contribution in [1.82, 2.24) is 4.98 Å². The van der Waals surface area contributed by atoms with Crippen molar-refractivity contribution < 1.29 is 9.53 Å².